The van der Waals surface area contributed by atoms with E-state index in [1.54, 1.807) is 7.05 Å². The van der Waals surface area contributed by atoms with Gasteiger partial charge in [-0.1, -0.05) is 6.07 Å². The minimum absolute atomic E-state index is 0.0514. The van der Waals surface area contributed by atoms with Crippen molar-refractivity contribution < 1.29 is 13.6 Å². The van der Waals surface area contributed by atoms with E-state index in [0.29, 0.717) is 17.6 Å². The maximum Gasteiger partial charge on any atom is 0.259 e. The van der Waals surface area contributed by atoms with Gasteiger partial charge in [0.15, 0.2) is 0 Å². The molecule has 0 radical (unpaired) electrons. The average molecular weight is 294 g/mol. The maximum absolute atomic E-state index is 14.1. The summed E-state index contributed by atoms with van der Waals surface area (Å²) in [5.41, 5.74) is -0.137. The summed E-state index contributed by atoms with van der Waals surface area (Å²) in [6, 6.07) is 3.42. The molecule has 0 aliphatic carbocycles. The number of amides is 1. The Bertz CT molecular complexity index is 564. The van der Waals surface area contributed by atoms with Crippen LogP contribution in [0.25, 0.3) is 0 Å². The predicted octanol–water partition coefficient (Wildman–Crippen LogP) is 2.63. The van der Waals surface area contributed by atoms with E-state index < -0.39 is 23.1 Å². The van der Waals surface area contributed by atoms with Gasteiger partial charge >= 0.3 is 0 Å². The molecular weight excluding hydrogens is 274 g/mol. The first-order valence-electron chi connectivity index (χ1n) is 7.45. The average Bonchev–Trinajstić information content (AvgIpc) is 2.81. The molecule has 0 saturated carbocycles. The van der Waals surface area contributed by atoms with Crippen LogP contribution in [0.4, 0.5) is 8.78 Å². The van der Waals surface area contributed by atoms with Crippen LogP contribution < -0.4 is 5.32 Å². The van der Waals surface area contributed by atoms with E-state index in [-0.39, 0.29) is 6.04 Å². The fourth-order valence-electron chi connectivity index (χ4n) is 3.54. The molecule has 3 rings (SSSR count). The number of hydrogen-bond acceptors (Lipinski definition) is 2. The molecule has 1 N–H and O–H groups in total. The van der Waals surface area contributed by atoms with Crippen LogP contribution in [0.1, 0.15) is 41.6 Å². The van der Waals surface area contributed by atoms with E-state index in [1.165, 1.54) is 17.9 Å². The molecule has 2 bridgehead atoms. The second-order valence-electron chi connectivity index (χ2n) is 6.23. The minimum atomic E-state index is -0.785. The Hall–Kier alpha value is -1.49. The molecule has 2 aliphatic rings. The lowest BCUT2D eigenvalue weighted by Crippen LogP contribution is -2.49. The second kappa shape index (κ2) is 5.37. The van der Waals surface area contributed by atoms with Crippen LogP contribution in [0, 0.1) is 18.6 Å². The van der Waals surface area contributed by atoms with Gasteiger partial charge < -0.3 is 10.2 Å². The summed E-state index contributed by atoms with van der Waals surface area (Å²) >= 11 is 0. The fraction of sp³-hybridized carbons (Fsp3) is 0.562. The number of halogens is 2. The number of carbonyl (C=O) groups is 1. The minimum Gasteiger partial charge on any atom is -0.338 e. The van der Waals surface area contributed by atoms with Gasteiger partial charge in [0.25, 0.3) is 5.91 Å². The predicted molar refractivity (Wildman–Crippen MR) is 76.2 cm³/mol. The van der Waals surface area contributed by atoms with E-state index in [1.807, 2.05) is 0 Å². The fourth-order valence-corrected chi connectivity index (χ4v) is 3.54. The monoisotopic (exact) mass is 294 g/mol. The van der Waals surface area contributed by atoms with Crippen LogP contribution >= 0.6 is 0 Å². The topological polar surface area (TPSA) is 32.3 Å². The van der Waals surface area contributed by atoms with E-state index in [2.05, 4.69) is 5.32 Å². The highest BCUT2D eigenvalue weighted by molar-refractivity contribution is 5.95. The third-order valence-corrected chi connectivity index (χ3v) is 4.81. The van der Waals surface area contributed by atoms with Crippen molar-refractivity contribution in [1.82, 2.24) is 10.2 Å². The quantitative estimate of drug-likeness (QED) is 0.909. The Labute approximate surface area is 123 Å². The maximum atomic E-state index is 14.1. The normalized spacial score (nSPS) is 27.7. The third kappa shape index (κ3) is 2.55. The number of nitrogens with one attached hydrogen (secondary N) is 1. The van der Waals surface area contributed by atoms with Gasteiger partial charge in [0, 0.05) is 25.2 Å². The van der Waals surface area contributed by atoms with Crippen molar-refractivity contribution in [2.45, 2.75) is 50.7 Å². The van der Waals surface area contributed by atoms with Crippen molar-refractivity contribution in [2.24, 2.45) is 0 Å². The largest absolute Gasteiger partial charge is 0.338 e. The summed E-state index contributed by atoms with van der Waals surface area (Å²) in [6.45, 7) is 1.54. The highest BCUT2D eigenvalue weighted by atomic mass is 19.1. The zero-order chi connectivity index (χ0) is 15.1. The molecule has 0 aromatic heterocycles. The molecule has 2 fully saturated rings. The van der Waals surface area contributed by atoms with Gasteiger partial charge in [-0.25, -0.2) is 8.78 Å². The molecule has 1 aromatic rings. The van der Waals surface area contributed by atoms with Crippen LogP contribution in [0.15, 0.2) is 12.1 Å². The summed E-state index contributed by atoms with van der Waals surface area (Å²) in [5, 5.41) is 3.50. The molecule has 114 valence electrons. The first-order valence-corrected chi connectivity index (χ1v) is 7.45. The first-order chi connectivity index (χ1) is 9.97. The number of fused-ring (bicyclic) bond motifs is 2. The lowest BCUT2D eigenvalue weighted by Gasteiger charge is -2.35. The Morgan fingerprint density at radius 2 is 1.86 bits per heavy atom. The SMILES string of the molecule is Cc1ccc(F)c(C(=O)N(C)C2CC3CCC(C2)N3)c1F. The molecule has 1 amide bonds. The van der Waals surface area contributed by atoms with Crippen molar-refractivity contribution in [1.29, 1.82) is 0 Å². The van der Waals surface area contributed by atoms with Crippen LogP contribution in [0.5, 0.6) is 0 Å². The number of piperidine rings is 1. The van der Waals surface area contributed by atoms with E-state index in [4.69, 9.17) is 0 Å². The van der Waals surface area contributed by atoms with E-state index in [9.17, 15) is 13.6 Å². The lowest BCUT2D eigenvalue weighted by atomic mass is 9.97. The van der Waals surface area contributed by atoms with Crippen LogP contribution in [0.3, 0.4) is 0 Å². The molecule has 2 unspecified atom stereocenters. The number of benzene rings is 1. The van der Waals surface area contributed by atoms with Gasteiger partial charge in [0.05, 0.1) is 0 Å². The Morgan fingerprint density at radius 3 is 2.48 bits per heavy atom. The Kier molecular flexibility index (Phi) is 3.69. The van der Waals surface area contributed by atoms with Gasteiger partial charge in [-0.05, 0) is 44.2 Å². The van der Waals surface area contributed by atoms with Crippen LogP contribution in [-0.2, 0) is 0 Å². The molecule has 2 atom stereocenters. The molecule has 2 aliphatic heterocycles. The third-order valence-electron chi connectivity index (χ3n) is 4.81. The summed E-state index contributed by atoms with van der Waals surface area (Å²) in [4.78, 5) is 14.0. The van der Waals surface area contributed by atoms with Gasteiger partial charge in [-0.2, -0.15) is 0 Å². The summed E-state index contributed by atoms with van der Waals surface area (Å²) in [7, 11) is 1.65. The van der Waals surface area contributed by atoms with Crippen molar-refractivity contribution >= 4 is 5.91 Å². The molecule has 21 heavy (non-hydrogen) atoms. The molecule has 1 aromatic carbocycles. The Morgan fingerprint density at radius 1 is 1.24 bits per heavy atom. The van der Waals surface area contributed by atoms with Gasteiger partial charge in [-0.3, -0.25) is 4.79 Å². The zero-order valence-electron chi connectivity index (χ0n) is 12.3. The number of nitrogens with zero attached hydrogens (tertiary/aromatic N) is 1. The molecule has 3 nitrogen and oxygen atoms in total. The summed E-state index contributed by atoms with van der Waals surface area (Å²) in [6.07, 6.45) is 3.95. The second-order valence-corrected chi connectivity index (χ2v) is 6.23. The molecule has 0 spiro atoms. The van der Waals surface area contributed by atoms with Crippen molar-refractivity contribution in [2.75, 3.05) is 7.05 Å². The van der Waals surface area contributed by atoms with Crippen molar-refractivity contribution in [3.05, 3.63) is 34.9 Å². The number of hydrogen-bond donors (Lipinski definition) is 1. The van der Waals surface area contributed by atoms with Gasteiger partial charge in [0.2, 0.25) is 0 Å². The van der Waals surface area contributed by atoms with Gasteiger partial charge in [-0.15, -0.1) is 0 Å². The zero-order valence-corrected chi connectivity index (χ0v) is 12.3. The number of aryl methyl sites for hydroxylation is 1. The summed E-state index contributed by atoms with van der Waals surface area (Å²) in [5.74, 6) is -2.09. The standard InChI is InChI=1S/C16H20F2N2O/c1-9-3-6-13(17)14(15(9)18)16(21)20(2)12-7-10-4-5-11(8-12)19-10/h3,6,10-12,19H,4-5,7-8H2,1-2H3. The highest BCUT2D eigenvalue weighted by Crippen LogP contribution is 2.30. The van der Waals surface area contributed by atoms with Crippen LogP contribution in [-0.4, -0.2) is 36.0 Å². The smallest absolute Gasteiger partial charge is 0.259 e. The molecule has 2 saturated heterocycles. The highest BCUT2D eigenvalue weighted by Gasteiger charge is 2.37. The van der Waals surface area contributed by atoms with E-state index in [0.717, 1.165) is 31.7 Å². The first kappa shape index (κ1) is 14.4. The van der Waals surface area contributed by atoms with Crippen LogP contribution in [0.2, 0.25) is 0 Å². The van der Waals surface area contributed by atoms with Crippen molar-refractivity contribution in [3.63, 3.8) is 0 Å². The molecular formula is C16H20F2N2O. The number of rotatable bonds is 2. The Balaban J connectivity index is 1.83. The molecule has 5 heteroatoms. The van der Waals surface area contributed by atoms with Gasteiger partial charge in [0.1, 0.15) is 17.2 Å². The number of carbonyl (C=O) groups excluding carboxylic acids is 1. The molecule has 2 heterocycles. The summed E-state index contributed by atoms with van der Waals surface area (Å²) < 4.78 is 28.0. The lowest BCUT2D eigenvalue weighted by molar-refractivity contribution is 0.0671. The van der Waals surface area contributed by atoms with E-state index >= 15 is 0 Å². The van der Waals surface area contributed by atoms with Crippen molar-refractivity contribution in [3.8, 4) is 0 Å².